The molecule has 1 amide bonds. The summed E-state index contributed by atoms with van der Waals surface area (Å²) in [6.07, 6.45) is 2.62. The highest BCUT2D eigenvalue weighted by molar-refractivity contribution is 7.99. The van der Waals surface area contributed by atoms with E-state index in [1.165, 1.54) is 24.6 Å². The maximum atomic E-state index is 13.0. The zero-order chi connectivity index (χ0) is 21.4. The molecule has 0 aliphatic rings. The van der Waals surface area contributed by atoms with Crippen LogP contribution in [0, 0.1) is 0 Å². The second-order valence-corrected chi connectivity index (χ2v) is 9.67. The predicted molar refractivity (Wildman–Crippen MR) is 116 cm³/mol. The van der Waals surface area contributed by atoms with Gasteiger partial charge in [-0.3, -0.25) is 4.79 Å². The number of nitrogens with zero attached hydrogens (tertiary/aromatic N) is 2. The first-order chi connectivity index (χ1) is 14.4. The Balaban J connectivity index is 1.63. The van der Waals surface area contributed by atoms with Crippen LogP contribution < -0.4 is 5.32 Å². The molecule has 0 radical (unpaired) electrons. The number of carbonyl (C=O) groups is 1. The van der Waals surface area contributed by atoms with Gasteiger partial charge in [0, 0.05) is 23.4 Å². The number of benzene rings is 1. The second-order valence-electron chi connectivity index (χ2n) is 6.18. The molecule has 0 bridgehead atoms. The average molecular weight is 466 g/mol. The summed E-state index contributed by atoms with van der Waals surface area (Å²) in [5.41, 5.74) is 0. The number of aromatic nitrogens is 1. The molecule has 3 aromatic rings. The number of rotatable bonds is 10. The van der Waals surface area contributed by atoms with Gasteiger partial charge >= 0.3 is 0 Å². The lowest BCUT2D eigenvalue weighted by molar-refractivity contribution is -0.121. The molecular weight excluding hydrogens is 446 g/mol. The van der Waals surface area contributed by atoms with Gasteiger partial charge in [0.05, 0.1) is 19.4 Å². The van der Waals surface area contributed by atoms with Gasteiger partial charge in [-0.05, 0) is 36.4 Å². The number of sulfonamides is 1. The van der Waals surface area contributed by atoms with Gasteiger partial charge in [-0.15, -0.1) is 11.8 Å². The van der Waals surface area contributed by atoms with E-state index in [0.717, 1.165) is 9.20 Å². The number of furan rings is 1. The fraction of sp³-hybridized carbons (Fsp3) is 0.200. The molecule has 1 N–H and O–H groups in total. The molecule has 3 rings (SSSR count). The van der Waals surface area contributed by atoms with Crippen molar-refractivity contribution in [2.75, 3.05) is 18.8 Å². The van der Waals surface area contributed by atoms with Crippen molar-refractivity contribution in [3.8, 4) is 0 Å². The summed E-state index contributed by atoms with van der Waals surface area (Å²) in [5, 5.41) is 2.94. The first-order valence-corrected chi connectivity index (χ1v) is 11.8. The third-order valence-corrected chi connectivity index (χ3v) is 7.02. The maximum Gasteiger partial charge on any atom is 0.245 e. The van der Waals surface area contributed by atoms with Gasteiger partial charge in [-0.25, -0.2) is 13.4 Å². The monoisotopic (exact) mass is 465 g/mol. The highest BCUT2D eigenvalue weighted by Gasteiger charge is 2.28. The fourth-order valence-electron chi connectivity index (χ4n) is 2.56. The lowest BCUT2D eigenvalue weighted by Gasteiger charge is -2.20. The van der Waals surface area contributed by atoms with Crippen molar-refractivity contribution in [2.24, 2.45) is 0 Å². The molecular formula is C20H20ClN3O4S2. The van der Waals surface area contributed by atoms with Gasteiger partial charge in [0.1, 0.15) is 15.8 Å². The molecule has 0 saturated heterocycles. The zero-order valence-corrected chi connectivity index (χ0v) is 18.3. The fourth-order valence-corrected chi connectivity index (χ4v) is 4.77. The summed E-state index contributed by atoms with van der Waals surface area (Å²) >= 11 is 7.36. The average Bonchev–Trinajstić information content (AvgIpc) is 3.25. The van der Waals surface area contributed by atoms with Crippen LogP contribution in [0.2, 0.25) is 5.15 Å². The molecule has 0 aliphatic heterocycles. The Hall–Kier alpha value is -2.33. The molecule has 1 aromatic carbocycles. The number of halogens is 1. The minimum absolute atomic E-state index is 0.0501. The smallest absolute Gasteiger partial charge is 0.245 e. The summed E-state index contributed by atoms with van der Waals surface area (Å²) in [6, 6.07) is 15.9. The van der Waals surface area contributed by atoms with E-state index in [1.807, 2.05) is 30.3 Å². The largest absolute Gasteiger partial charge is 0.468 e. The summed E-state index contributed by atoms with van der Waals surface area (Å²) in [6.45, 7) is -0.0126. The van der Waals surface area contributed by atoms with Crippen molar-refractivity contribution in [2.45, 2.75) is 16.3 Å². The van der Waals surface area contributed by atoms with E-state index in [4.69, 9.17) is 16.0 Å². The van der Waals surface area contributed by atoms with Crippen LogP contribution in [0.5, 0.6) is 0 Å². The van der Waals surface area contributed by atoms with Crippen molar-refractivity contribution in [3.63, 3.8) is 0 Å². The number of hydrogen-bond donors (Lipinski definition) is 1. The molecule has 158 valence electrons. The number of carbonyl (C=O) groups excluding carboxylic acids is 1. The minimum Gasteiger partial charge on any atom is -0.468 e. The molecule has 0 atom stereocenters. The van der Waals surface area contributed by atoms with E-state index >= 15 is 0 Å². The van der Waals surface area contributed by atoms with Crippen molar-refractivity contribution >= 4 is 39.3 Å². The van der Waals surface area contributed by atoms with E-state index in [-0.39, 0.29) is 23.1 Å². The molecule has 0 saturated carbocycles. The molecule has 0 fully saturated rings. The van der Waals surface area contributed by atoms with E-state index in [0.29, 0.717) is 18.1 Å². The van der Waals surface area contributed by atoms with Crippen molar-refractivity contribution < 1.29 is 17.6 Å². The normalized spacial score (nSPS) is 11.5. The summed E-state index contributed by atoms with van der Waals surface area (Å²) in [5.74, 6) is 0.690. The number of nitrogens with one attached hydrogen (secondary N) is 1. The zero-order valence-electron chi connectivity index (χ0n) is 15.9. The maximum absolute atomic E-state index is 13.0. The number of thioether (sulfide) groups is 1. The van der Waals surface area contributed by atoms with Gasteiger partial charge in [0.25, 0.3) is 0 Å². The minimum atomic E-state index is -3.98. The summed E-state index contributed by atoms with van der Waals surface area (Å²) < 4.78 is 32.4. The van der Waals surface area contributed by atoms with Crippen LogP contribution in [-0.2, 0) is 21.4 Å². The Labute approximate surface area is 184 Å². The summed E-state index contributed by atoms with van der Waals surface area (Å²) in [4.78, 5) is 17.3. The lowest BCUT2D eigenvalue weighted by atomic mass is 10.4. The molecule has 30 heavy (non-hydrogen) atoms. The van der Waals surface area contributed by atoms with Crippen LogP contribution in [0.3, 0.4) is 0 Å². The Bertz CT molecular complexity index is 1040. The third kappa shape index (κ3) is 6.33. The Morgan fingerprint density at radius 2 is 1.93 bits per heavy atom. The second kappa shape index (κ2) is 10.6. The molecule has 2 heterocycles. The number of hydrogen-bond acceptors (Lipinski definition) is 6. The first-order valence-electron chi connectivity index (χ1n) is 9.04. The highest BCUT2D eigenvalue weighted by Crippen LogP contribution is 2.19. The Morgan fingerprint density at radius 1 is 1.13 bits per heavy atom. The van der Waals surface area contributed by atoms with E-state index < -0.39 is 15.9 Å². The van der Waals surface area contributed by atoms with Crippen LogP contribution in [0.4, 0.5) is 0 Å². The highest BCUT2D eigenvalue weighted by atomic mass is 35.5. The predicted octanol–water partition coefficient (Wildman–Crippen LogP) is 3.43. The summed E-state index contributed by atoms with van der Waals surface area (Å²) in [7, 11) is -3.98. The third-order valence-electron chi connectivity index (χ3n) is 4.01. The van der Waals surface area contributed by atoms with Crippen molar-refractivity contribution in [1.82, 2.24) is 14.6 Å². The van der Waals surface area contributed by atoms with Gasteiger partial charge in [0.2, 0.25) is 15.9 Å². The molecule has 0 unspecified atom stereocenters. The van der Waals surface area contributed by atoms with Crippen LogP contribution in [0.1, 0.15) is 5.76 Å². The molecule has 10 heteroatoms. The molecule has 7 nitrogen and oxygen atoms in total. The van der Waals surface area contributed by atoms with Gasteiger partial charge in [-0.2, -0.15) is 4.31 Å². The van der Waals surface area contributed by atoms with Gasteiger partial charge in [-0.1, -0.05) is 29.8 Å². The van der Waals surface area contributed by atoms with E-state index in [1.54, 1.807) is 23.9 Å². The first kappa shape index (κ1) is 22.4. The quantitative estimate of drug-likeness (QED) is 0.280. The van der Waals surface area contributed by atoms with Crippen molar-refractivity contribution in [3.05, 3.63) is 78.0 Å². The van der Waals surface area contributed by atoms with Gasteiger partial charge < -0.3 is 9.73 Å². The number of pyridine rings is 1. The Morgan fingerprint density at radius 3 is 2.60 bits per heavy atom. The Kier molecular flexibility index (Phi) is 7.92. The SMILES string of the molecule is O=C(CN(Cc1ccco1)S(=O)(=O)c1ccc(Cl)nc1)NCCSc1ccccc1. The lowest BCUT2D eigenvalue weighted by Crippen LogP contribution is -2.40. The molecule has 0 spiro atoms. The van der Waals surface area contributed by atoms with Crippen LogP contribution in [0.25, 0.3) is 0 Å². The van der Waals surface area contributed by atoms with E-state index in [2.05, 4.69) is 10.3 Å². The molecule has 2 aromatic heterocycles. The van der Waals surface area contributed by atoms with Gasteiger partial charge in [0.15, 0.2) is 0 Å². The van der Waals surface area contributed by atoms with E-state index in [9.17, 15) is 13.2 Å². The molecule has 0 aliphatic carbocycles. The standard InChI is InChI=1S/C20H20ClN3O4S2/c21-19-9-8-18(13-23-19)30(26,27)24(14-16-5-4-11-28-16)15-20(25)22-10-12-29-17-6-2-1-3-7-17/h1-9,11,13H,10,12,14-15H2,(H,22,25). The van der Waals surface area contributed by atoms with Crippen LogP contribution in [-0.4, -0.2) is 42.5 Å². The van der Waals surface area contributed by atoms with Crippen LogP contribution >= 0.6 is 23.4 Å². The number of amides is 1. The van der Waals surface area contributed by atoms with Crippen molar-refractivity contribution in [1.29, 1.82) is 0 Å². The van der Waals surface area contributed by atoms with Crippen LogP contribution in [0.15, 0.2) is 81.3 Å². The topological polar surface area (TPSA) is 92.5 Å².